The zero-order chi connectivity index (χ0) is 22.5. The summed E-state index contributed by atoms with van der Waals surface area (Å²) < 4.78 is 9.41. The number of aromatic nitrogens is 3. The number of nitriles is 1. The summed E-state index contributed by atoms with van der Waals surface area (Å²) in [5, 5.41) is 12.5. The predicted octanol–water partition coefficient (Wildman–Crippen LogP) is 4.62. The van der Waals surface area contributed by atoms with Crippen LogP contribution in [-0.4, -0.2) is 33.7 Å². The number of aryl methyl sites for hydroxylation is 2. The maximum Gasteiger partial charge on any atom is 0.268 e. The summed E-state index contributed by atoms with van der Waals surface area (Å²) >= 11 is 0. The van der Waals surface area contributed by atoms with E-state index >= 15 is 0 Å². The van der Waals surface area contributed by atoms with Crippen LogP contribution in [0, 0.1) is 25.2 Å². The molecule has 7 heteroatoms. The first kappa shape index (κ1) is 22.3. The van der Waals surface area contributed by atoms with Crippen molar-refractivity contribution >= 4 is 29.0 Å². The number of ether oxygens (including phenoxy) is 1. The smallest absolute Gasteiger partial charge is 0.268 e. The molecular formula is C24H29N5O2. The van der Waals surface area contributed by atoms with E-state index in [-0.39, 0.29) is 11.6 Å². The number of para-hydroxylation sites is 2. The van der Waals surface area contributed by atoms with Gasteiger partial charge in [0, 0.05) is 25.0 Å². The van der Waals surface area contributed by atoms with E-state index in [1.165, 1.54) is 0 Å². The number of amides is 1. The lowest BCUT2D eigenvalue weighted by Gasteiger charge is -2.17. The fourth-order valence-corrected chi connectivity index (χ4v) is 4.04. The second-order valence-corrected chi connectivity index (χ2v) is 7.70. The van der Waals surface area contributed by atoms with E-state index < -0.39 is 5.91 Å². The van der Waals surface area contributed by atoms with Gasteiger partial charge in [-0.25, -0.2) is 4.98 Å². The summed E-state index contributed by atoms with van der Waals surface area (Å²) in [5.41, 5.74) is 4.68. The maximum atomic E-state index is 12.9. The quantitative estimate of drug-likeness (QED) is 0.426. The van der Waals surface area contributed by atoms with E-state index in [1.54, 1.807) is 13.2 Å². The molecule has 3 rings (SSSR count). The lowest BCUT2D eigenvalue weighted by atomic mass is 10.1. The third-order valence-electron chi connectivity index (χ3n) is 5.36. The molecule has 0 radical (unpaired) electrons. The number of anilines is 1. The van der Waals surface area contributed by atoms with Crippen molar-refractivity contribution in [1.29, 1.82) is 5.26 Å². The molecule has 0 saturated carbocycles. The van der Waals surface area contributed by atoms with Crippen molar-refractivity contribution in [1.82, 2.24) is 14.1 Å². The second kappa shape index (κ2) is 9.63. The van der Waals surface area contributed by atoms with Crippen LogP contribution in [0.15, 0.2) is 35.9 Å². The maximum absolute atomic E-state index is 12.9. The normalized spacial score (nSPS) is 12.7. The lowest BCUT2D eigenvalue weighted by Crippen LogP contribution is -2.17. The van der Waals surface area contributed by atoms with Gasteiger partial charge in [0.05, 0.1) is 23.7 Å². The first-order valence-electron chi connectivity index (χ1n) is 10.5. The molecule has 0 bridgehead atoms. The Balaban J connectivity index is 1.92. The zero-order valence-corrected chi connectivity index (χ0v) is 18.8. The number of benzene rings is 1. The molecule has 0 aliphatic carbocycles. The molecule has 31 heavy (non-hydrogen) atoms. The Hall–Kier alpha value is -3.37. The van der Waals surface area contributed by atoms with Crippen LogP contribution in [-0.2, 0) is 16.1 Å². The number of fused-ring (bicyclic) bond motifs is 1. The minimum Gasteiger partial charge on any atom is -0.383 e. The molecule has 0 aliphatic heterocycles. The Morgan fingerprint density at radius 1 is 1.35 bits per heavy atom. The minimum absolute atomic E-state index is 0.0368. The van der Waals surface area contributed by atoms with E-state index in [1.807, 2.05) is 54.8 Å². The number of hydrogen-bond donors (Lipinski definition) is 1. The molecular weight excluding hydrogens is 390 g/mol. The number of nitrogens with zero attached hydrogens (tertiary/aromatic N) is 4. The third kappa shape index (κ3) is 4.54. The van der Waals surface area contributed by atoms with Crippen LogP contribution in [0.1, 0.15) is 43.3 Å². The number of nitrogens with one attached hydrogen (secondary N) is 1. The van der Waals surface area contributed by atoms with E-state index in [4.69, 9.17) is 4.74 Å². The number of rotatable bonds is 8. The number of hydrogen-bond acceptors (Lipinski definition) is 4. The van der Waals surface area contributed by atoms with Crippen LogP contribution in [0.2, 0.25) is 0 Å². The van der Waals surface area contributed by atoms with Gasteiger partial charge in [0.15, 0.2) is 0 Å². The van der Waals surface area contributed by atoms with Crippen molar-refractivity contribution in [3.63, 3.8) is 0 Å². The van der Waals surface area contributed by atoms with Gasteiger partial charge in [0.25, 0.3) is 5.91 Å². The van der Waals surface area contributed by atoms with Crippen molar-refractivity contribution < 1.29 is 9.53 Å². The first-order chi connectivity index (χ1) is 14.9. The SMILES string of the molecule is CCCn1c(NC(=O)/C(C#N)=C/c2cc(C)n(C(C)COC)c2C)nc2ccccc21. The predicted molar refractivity (Wildman–Crippen MR) is 123 cm³/mol. The molecule has 1 aromatic carbocycles. The fourth-order valence-electron chi connectivity index (χ4n) is 4.04. The first-order valence-corrected chi connectivity index (χ1v) is 10.5. The molecule has 0 aliphatic rings. The van der Waals surface area contributed by atoms with Gasteiger partial charge >= 0.3 is 0 Å². The van der Waals surface area contributed by atoms with Gasteiger partial charge < -0.3 is 13.9 Å². The highest BCUT2D eigenvalue weighted by atomic mass is 16.5. The summed E-state index contributed by atoms with van der Waals surface area (Å²) in [7, 11) is 1.68. The third-order valence-corrected chi connectivity index (χ3v) is 5.36. The summed E-state index contributed by atoms with van der Waals surface area (Å²) in [6.45, 7) is 9.45. The summed E-state index contributed by atoms with van der Waals surface area (Å²) in [6.07, 6.45) is 2.54. The zero-order valence-electron chi connectivity index (χ0n) is 18.8. The van der Waals surface area contributed by atoms with Crippen LogP contribution in [0.4, 0.5) is 5.95 Å². The van der Waals surface area contributed by atoms with Crippen LogP contribution >= 0.6 is 0 Å². The molecule has 0 fully saturated rings. The van der Waals surface area contributed by atoms with Gasteiger partial charge in [-0.05, 0) is 57.0 Å². The topological polar surface area (TPSA) is 84.9 Å². The molecule has 1 amide bonds. The van der Waals surface area contributed by atoms with Crippen molar-refractivity contribution in [2.24, 2.45) is 0 Å². The number of carbonyl (C=O) groups excluding carboxylic acids is 1. The Morgan fingerprint density at radius 2 is 2.10 bits per heavy atom. The van der Waals surface area contributed by atoms with E-state index in [2.05, 4.69) is 28.7 Å². The molecule has 162 valence electrons. The average Bonchev–Trinajstić information content (AvgIpc) is 3.22. The van der Waals surface area contributed by atoms with Crippen LogP contribution in [0.5, 0.6) is 0 Å². The number of imidazole rings is 1. The van der Waals surface area contributed by atoms with E-state index in [0.29, 0.717) is 12.6 Å². The van der Waals surface area contributed by atoms with Gasteiger partial charge in [0.1, 0.15) is 11.6 Å². The Labute approximate surface area is 183 Å². The Bertz CT molecular complexity index is 1160. The van der Waals surface area contributed by atoms with Crippen LogP contribution < -0.4 is 5.32 Å². The Kier molecular flexibility index (Phi) is 6.93. The standard InChI is InChI=1S/C24H29N5O2/c1-6-11-28-22-10-8-7-9-21(22)26-24(28)27-23(30)20(14-25)13-19-12-16(2)29(18(19)4)17(3)15-31-5/h7-10,12-13,17H,6,11,15H2,1-5H3,(H,26,27,30)/b20-13+. The van der Waals surface area contributed by atoms with Crippen LogP contribution in [0.25, 0.3) is 17.1 Å². The average molecular weight is 420 g/mol. The molecule has 1 unspecified atom stereocenters. The van der Waals surface area contributed by atoms with Crippen molar-refractivity contribution in [3.8, 4) is 6.07 Å². The minimum atomic E-state index is -0.468. The molecule has 3 aromatic rings. The fraction of sp³-hybridized carbons (Fsp3) is 0.375. The van der Waals surface area contributed by atoms with Gasteiger partial charge in [-0.15, -0.1) is 0 Å². The highest BCUT2D eigenvalue weighted by Crippen LogP contribution is 2.24. The van der Waals surface area contributed by atoms with Crippen LogP contribution in [0.3, 0.4) is 0 Å². The lowest BCUT2D eigenvalue weighted by molar-refractivity contribution is -0.112. The summed E-state index contributed by atoms with van der Waals surface area (Å²) in [5.74, 6) is -0.0155. The molecule has 1 N–H and O–H groups in total. The molecule has 0 saturated heterocycles. The summed E-state index contributed by atoms with van der Waals surface area (Å²) in [6, 6.07) is 11.9. The molecule has 2 heterocycles. The molecule has 2 aromatic heterocycles. The monoisotopic (exact) mass is 419 g/mol. The Morgan fingerprint density at radius 3 is 2.77 bits per heavy atom. The molecule has 7 nitrogen and oxygen atoms in total. The van der Waals surface area contributed by atoms with Crippen molar-refractivity contribution in [2.45, 2.75) is 46.7 Å². The van der Waals surface area contributed by atoms with Gasteiger partial charge in [-0.1, -0.05) is 19.1 Å². The number of methoxy groups -OCH3 is 1. The number of carbonyl (C=O) groups is 1. The summed E-state index contributed by atoms with van der Waals surface area (Å²) in [4.78, 5) is 17.5. The second-order valence-electron chi connectivity index (χ2n) is 7.70. The molecule has 0 spiro atoms. The van der Waals surface area contributed by atoms with Crippen molar-refractivity contribution in [2.75, 3.05) is 19.0 Å². The van der Waals surface area contributed by atoms with E-state index in [9.17, 15) is 10.1 Å². The van der Waals surface area contributed by atoms with E-state index in [0.717, 1.165) is 41.0 Å². The van der Waals surface area contributed by atoms with Crippen molar-refractivity contribution in [3.05, 3.63) is 52.9 Å². The van der Waals surface area contributed by atoms with Gasteiger partial charge in [0.2, 0.25) is 5.95 Å². The highest BCUT2D eigenvalue weighted by Gasteiger charge is 2.18. The largest absolute Gasteiger partial charge is 0.383 e. The molecule has 1 atom stereocenters. The van der Waals surface area contributed by atoms with Gasteiger partial charge in [-0.2, -0.15) is 5.26 Å². The van der Waals surface area contributed by atoms with Gasteiger partial charge in [-0.3, -0.25) is 10.1 Å². The highest BCUT2D eigenvalue weighted by molar-refractivity contribution is 6.09.